The molecule has 0 aliphatic heterocycles. The predicted octanol–water partition coefficient (Wildman–Crippen LogP) is 2.39. The second-order valence-corrected chi connectivity index (χ2v) is 6.94. The van der Waals surface area contributed by atoms with Gasteiger partial charge < -0.3 is 10.1 Å². The Morgan fingerprint density at radius 1 is 1.40 bits per heavy atom. The van der Waals surface area contributed by atoms with Crippen molar-refractivity contribution < 1.29 is 14.3 Å². The lowest BCUT2D eigenvalue weighted by Gasteiger charge is -2.09. The normalized spacial score (nSPS) is 10.8. The molecule has 1 aromatic carbocycles. The van der Waals surface area contributed by atoms with Crippen molar-refractivity contribution >= 4 is 35.2 Å². The number of nitrogens with one attached hydrogen (secondary N) is 1. The number of esters is 1. The van der Waals surface area contributed by atoms with E-state index >= 15 is 0 Å². The monoisotopic (exact) mass is 382 g/mol. The average Bonchev–Trinajstić information content (AvgIpc) is 3.01. The summed E-state index contributed by atoms with van der Waals surface area (Å²) < 4.78 is 6.66. The Balaban J connectivity index is 1.92. The Morgan fingerprint density at radius 2 is 2.16 bits per heavy atom. The van der Waals surface area contributed by atoms with Crippen LogP contribution in [0.5, 0.6) is 0 Å². The van der Waals surface area contributed by atoms with E-state index in [9.17, 15) is 9.59 Å². The second-order valence-electron chi connectivity index (χ2n) is 5.59. The van der Waals surface area contributed by atoms with Crippen LogP contribution in [0.3, 0.4) is 0 Å². The Morgan fingerprint density at radius 3 is 2.84 bits per heavy atom. The summed E-state index contributed by atoms with van der Waals surface area (Å²) in [6, 6.07) is 5.59. The van der Waals surface area contributed by atoms with Crippen molar-refractivity contribution in [2.45, 2.75) is 32.0 Å². The lowest BCUT2D eigenvalue weighted by Crippen LogP contribution is -2.34. The van der Waals surface area contributed by atoms with Crippen LogP contribution in [0.25, 0.3) is 5.69 Å². The van der Waals surface area contributed by atoms with Crippen molar-refractivity contribution in [1.82, 2.24) is 20.1 Å². The number of amides is 1. The van der Waals surface area contributed by atoms with Gasteiger partial charge in [0.2, 0.25) is 0 Å². The maximum absolute atomic E-state index is 11.8. The number of aryl methyl sites for hydroxylation is 1. The van der Waals surface area contributed by atoms with Crippen LogP contribution in [0, 0.1) is 6.92 Å². The molecule has 25 heavy (non-hydrogen) atoms. The zero-order valence-electron chi connectivity index (χ0n) is 14.2. The van der Waals surface area contributed by atoms with Gasteiger partial charge >= 0.3 is 5.97 Å². The van der Waals surface area contributed by atoms with Crippen LogP contribution < -0.4 is 5.32 Å². The van der Waals surface area contributed by atoms with Crippen LogP contribution in [0.2, 0.25) is 5.02 Å². The summed E-state index contributed by atoms with van der Waals surface area (Å²) in [4.78, 5) is 23.2. The van der Waals surface area contributed by atoms with Crippen LogP contribution in [-0.2, 0) is 14.3 Å². The predicted molar refractivity (Wildman–Crippen MR) is 96.1 cm³/mol. The van der Waals surface area contributed by atoms with Crippen molar-refractivity contribution in [1.29, 1.82) is 0 Å². The van der Waals surface area contributed by atoms with Crippen LogP contribution >= 0.6 is 23.4 Å². The van der Waals surface area contributed by atoms with E-state index in [1.54, 1.807) is 17.0 Å². The van der Waals surface area contributed by atoms with Gasteiger partial charge in [-0.15, -0.1) is 10.2 Å². The molecule has 0 aliphatic rings. The minimum atomic E-state index is -0.500. The molecule has 0 saturated heterocycles. The average molecular weight is 383 g/mol. The zero-order chi connectivity index (χ0) is 18.4. The number of hydrogen-bond donors (Lipinski definition) is 1. The molecule has 134 valence electrons. The van der Waals surface area contributed by atoms with E-state index in [1.165, 1.54) is 11.8 Å². The number of carbonyl (C=O) groups is 2. The molecule has 0 unspecified atom stereocenters. The number of aromatic nitrogens is 3. The number of ether oxygens (including phenoxy) is 1. The third-order valence-corrected chi connectivity index (χ3v) is 4.41. The quantitative estimate of drug-likeness (QED) is 0.584. The number of benzene rings is 1. The largest absolute Gasteiger partial charge is 0.455 e. The van der Waals surface area contributed by atoms with E-state index in [0.717, 1.165) is 11.3 Å². The van der Waals surface area contributed by atoms with E-state index in [0.29, 0.717) is 10.2 Å². The first kappa shape index (κ1) is 19.3. The van der Waals surface area contributed by atoms with Crippen LogP contribution in [0.1, 0.15) is 19.4 Å². The zero-order valence-corrected chi connectivity index (χ0v) is 15.7. The lowest BCUT2D eigenvalue weighted by atomic mass is 10.2. The molecule has 2 aromatic rings. The fourth-order valence-electron chi connectivity index (χ4n) is 1.91. The summed E-state index contributed by atoms with van der Waals surface area (Å²) in [6.07, 6.45) is 1.55. The molecule has 1 N–H and O–H groups in total. The van der Waals surface area contributed by atoms with Gasteiger partial charge in [-0.25, -0.2) is 0 Å². The van der Waals surface area contributed by atoms with Crippen molar-refractivity contribution in [2.75, 3.05) is 12.4 Å². The van der Waals surface area contributed by atoms with Crippen LogP contribution in [0.4, 0.5) is 0 Å². The molecule has 1 amide bonds. The topological polar surface area (TPSA) is 86.1 Å². The first-order valence-corrected chi connectivity index (χ1v) is 8.97. The summed E-state index contributed by atoms with van der Waals surface area (Å²) in [5.74, 6) is -0.807. The minimum Gasteiger partial charge on any atom is -0.455 e. The van der Waals surface area contributed by atoms with E-state index in [1.807, 2.05) is 32.9 Å². The third-order valence-electron chi connectivity index (χ3n) is 3.08. The van der Waals surface area contributed by atoms with E-state index < -0.39 is 5.97 Å². The summed E-state index contributed by atoms with van der Waals surface area (Å²) >= 11 is 7.32. The molecule has 0 spiro atoms. The number of rotatable bonds is 7. The van der Waals surface area contributed by atoms with E-state index in [2.05, 4.69) is 15.5 Å². The fourth-order valence-corrected chi connectivity index (χ4v) is 2.81. The molecule has 0 saturated carbocycles. The van der Waals surface area contributed by atoms with Crippen LogP contribution in [0.15, 0.2) is 29.7 Å². The maximum Gasteiger partial charge on any atom is 0.316 e. The highest BCUT2D eigenvalue weighted by atomic mass is 35.5. The molecule has 0 fully saturated rings. The number of hydrogen-bond acceptors (Lipinski definition) is 6. The van der Waals surface area contributed by atoms with Crippen molar-refractivity contribution in [3.05, 3.63) is 35.1 Å². The fraction of sp³-hybridized carbons (Fsp3) is 0.375. The molecule has 0 aliphatic carbocycles. The summed E-state index contributed by atoms with van der Waals surface area (Å²) in [6.45, 7) is 5.29. The molecule has 7 nitrogen and oxygen atoms in total. The van der Waals surface area contributed by atoms with Gasteiger partial charge in [0.1, 0.15) is 6.33 Å². The highest BCUT2D eigenvalue weighted by Crippen LogP contribution is 2.23. The molecule has 1 aromatic heterocycles. The summed E-state index contributed by atoms with van der Waals surface area (Å²) in [5, 5.41) is 11.7. The number of nitrogens with zero attached hydrogens (tertiary/aromatic N) is 3. The molecule has 9 heteroatoms. The number of thioether (sulfide) groups is 1. The first-order valence-electron chi connectivity index (χ1n) is 7.61. The smallest absolute Gasteiger partial charge is 0.316 e. The summed E-state index contributed by atoms with van der Waals surface area (Å²) in [7, 11) is 0. The van der Waals surface area contributed by atoms with Crippen LogP contribution in [-0.4, -0.2) is 45.0 Å². The molecular weight excluding hydrogens is 364 g/mol. The standard InChI is InChI=1S/C16H19ClN4O3S/c1-10(2)19-14(22)7-24-15(23)8-25-16-20-18-9-21(16)12-5-4-11(3)13(17)6-12/h4-6,9-10H,7-8H2,1-3H3,(H,19,22). The van der Waals surface area contributed by atoms with Crippen molar-refractivity contribution in [3.8, 4) is 5.69 Å². The maximum atomic E-state index is 11.8. The third kappa shape index (κ3) is 5.75. The number of halogens is 1. The van der Waals surface area contributed by atoms with E-state index in [-0.39, 0.29) is 24.3 Å². The minimum absolute atomic E-state index is 0.000427. The molecule has 0 radical (unpaired) electrons. The van der Waals surface area contributed by atoms with Gasteiger partial charge in [0.25, 0.3) is 5.91 Å². The Bertz CT molecular complexity index is 764. The Kier molecular flexibility index (Phi) is 6.83. The first-order chi connectivity index (χ1) is 11.9. The highest BCUT2D eigenvalue weighted by Gasteiger charge is 2.13. The number of carbonyl (C=O) groups excluding carboxylic acids is 2. The van der Waals surface area contributed by atoms with Gasteiger partial charge in [0, 0.05) is 11.1 Å². The van der Waals surface area contributed by atoms with Gasteiger partial charge in [0.15, 0.2) is 11.8 Å². The van der Waals surface area contributed by atoms with Gasteiger partial charge in [-0.05, 0) is 38.5 Å². The van der Waals surface area contributed by atoms with Gasteiger partial charge in [0.05, 0.1) is 11.4 Å². The van der Waals surface area contributed by atoms with Gasteiger partial charge in [-0.2, -0.15) is 0 Å². The van der Waals surface area contributed by atoms with Crippen molar-refractivity contribution in [2.24, 2.45) is 0 Å². The van der Waals surface area contributed by atoms with Gasteiger partial charge in [-0.1, -0.05) is 29.4 Å². The summed E-state index contributed by atoms with van der Waals surface area (Å²) in [5.41, 5.74) is 1.77. The Hall–Kier alpha value is -2.06. The lowest BCUT2D eigenvalue weighted by molar-refractivity contribution is -0.146. The van der Waals surface area contributed by atoms with Crippen molar-refractivity contribution in [3.63, 3.8) is 0 Å². The molecule has 0 atom stereocenters. The van der Waals surface area contributed by atoms with E-state index in [4.69, 9.17) is 16.3 Å². The second kappa shape index (κ2) is 8.87. The molecular formula is C16H19ClN4O3S. The Labute approximate surface area is 155 Å². The molecule has 0 bridgehead atoms. The molecule has 2 rings (SSSR count). The molecule has 1 heterocycles. The van der Waals surface area contributed by atoms with Gasteiger partial charge in [-0.3, -0.25) is 14.2 Å². The highest BCUT2D eigenvalue weighted by molar-refractivity contribution is 7.99. The SMILES string of the molecule is Cc1ccc(-n2cnnc2SCC(=O)OCC(=O)NC(C)C)cc1Cl.